The summed E-state index contributed by atoms with van der Waals surface area (Å²) in [6, 6.07) is 13.6. The molecule has 0 aliphatic heterocycles. The first-order valence-electron chi connectivity index (χ1n) is 8.19. The number of nitrogens with zero attached hydrogens (tertiary/aromatic N) is 1. The second-order valence-corrected chi connectivity index (χ2v) is 7.02. The van der Waals surface area contributed by atoms with E-state index < -0.39 is 11.9 Å². The van der Waals surface area contributed by atoms with Crippen LogP contribution in [0.3, 0.4) is 0 Å². The topological polar surface area (TPSA) is 88.4 Å². The minimum atomic E-state index is -0.539. The highest BCUT2D eigenvalue weighted by atomic mass is 127. The van der Waals surface area contributed by atoms with Gasteiger partial charge < -0.3 is 14.8 Å². The molecule has 8 heteroatoms. The smallest absolute Gasteiger partial charge is 0.344 e. The van der Waals surface area contributed by atoms with Gasteiger partial charge >= 0.3 is 5.97 Å². The van der Waals surface area contributed by atoms with Crippen molar-refractivity contribution in [3.63, 3.8) is 0 Å². The Morgan fingerprint density at radius 3 is 2.71 bits per heavy atom. The third-order valence-electron chi connectivity index (χ3n) is 3.37. The van der Waals surface area contributed by atoms with Gasteiger partial charge in [-0.1, -0.05) is 23.7 Å². The molecular formula is C20H16ClIN2O4. The van der Waals surface area contributed by atoms with Crippen LogP contribution in [0, 0.1) is 14.9 Å². The Bertz CT molecular complexity index is 953. The van der Waals surface area contributed by atoms with Crippen LogP contribution in [0.1, 0.15) is 12.5 Å². The molecule has 0 aromatic heterocycles. The van der Waals surface area contributed by atoms with Gasteiger partial charge in [0.2, 0.25) is 0 Å². The molecule has 28 heavy (non-hydrogen) atoms. The van der Waals surface area contributed by atoms with E-state index in [9.17, 15) is 14.9 Å². The summed E-state index contributed by atoms with van der Waals surface area (Å²) in [5.41, 5.74) is 1.08. The lowest BCUT2D eigenvalue weighted by atomic mass is 10.1. The number of esters is 1. The highest BCUT2D eigenvalue weighted by molar-refractivity contribution is 14.1. The first-order chi connectivity index (χ1) is 13.4. The molecule has 0 radical (unpaired) electrons. The first kappa shape index (κ1) is 21.7. The van der Waals surface area contributed by atoms with Crippen molar-refractivity contribution in [1.82, 2.24) is 0 Å². The maximum absolute atomic E-state index is 12.3. The minimum absolute atomic E-state index is 0.0593. The summed E-state index contributed by atoms with van der Waals surface area (Å²) >= 11 is 7.94. The molecular weight excluding hydrogens is 495 g/mol. The van der Waals surface area contributed by atoms with E-state index in [1.807, 2.05) is 28.7 Å². The normalized spacial score (nSPS) is 10.7. The van der Waals surface area contributed by atoms with Crippen molar-refractivity contribution in [2.75, 3.05) is 18.5 Å². The Morgan fingerprint density at radius 1 is 1.29 bits per heavy atom. The van der Waals surface area contributed by atoms with Crippen LogP contribution in [0.5, 0.6) is 5.75 Å². The number of nitriles is 1. The van der Waals surface area contributed by atoms with Crippen LogP contribution < -0.4 is 10.1 Å². The molecule has 2 rings (SSSR count). The Hall–Kier alpha value is -2.57. The Balaban J connectivity index is 2.11. The standard InChI is InChI=1S/C20H16ClIN2O4/c1-2-27-19(25)12-28-18-7-6-13(9-17(18)22)8-14(11-23)20(26)24-16-5-3-4-15(21)10-16/h3-10H,2,12H2,1H3,(H,24,26)/b14-8+. The number of carbonyl (C=O) groups is 2. The monoisotopic (exact) mass is 510 g/mol. The summed E-state index contributed by atoms with van der Waals surface area (Å²) in [4.78, 5) is 23.7. The quantitative estimate of drug-likeness (QED) is 0.258. The lowest BCUT2D eigenvalue weighted by molar-refractivity contribution is -0.145. The highest BCUT2D eigenvalue weighted by Crippen LogP contribution is 2.24. The molecule has 1 N–H and O–H groups in total. The molecule has 2 aromatic carbocycles. The van der Waals surface area contributed by atoms with Crippen molar-refractivity contribution in [3.05, 3.63) is 62.2 Å². The van der Waals surface area contributed by atoms with E-state index in [0.717, 1.165) is 3.57 Å². The van der Waals surface area contributed by atoms with E-state index in [-0.39, 0.29) is 18.8 Å². The largest absolute Gasteiger partial charge is 0.481 e. The molecule has 0 spiro atoms. The third kappa shape index (κ3) is 6.55. The van der Waals surface area contributed by atoms with Gasteiger partial charge in [-0.25, -0.2) is 4.79 Å². The number of hydrogen-bond acceptors (Lipinski definition) is 5. The maximum atomic E-state index is 12.3. The van der Waals surface area contributed by atoms with Crippen LogP contribution in [0.15, 0.2) is 48.0 Å². The second kappa shape index (κ2) is 10.7. The Labute approximate surface area is 181 Å². The van der Waals surface area contributed by atoms with Crippen LogP contribution in [-0.2, 0) is 14.3 Å². The van der Waals surface area contributed by atoms with E-state index >= 15 is 0 Å². The average molecular weight is 511 g/mol. The van der Waals surface area contributed by atoms with Gasteiger partial charge in [0.1, 0.15) is 17.4 Å². The molecule has 0 bridgehead atoms. The molecule has 0 atom stereocenters. The lowest BCUT2D eigenvalue weighted by Crippen LogP contribution is -2.15. The van der Waals surface area contributed by atoms with E-state index in [0.29, 0.717) is 22.0 Å². The number of rotatable bonds is 7. The van der Waals surface area contributed by atoms with Gasteiger partial charge in [0, 0.05) is 10.7 Å². The summed E-state index contributed by atoms with van der Waals surface area (Å²) in [7, 11) is 0. The van der Waals surface area contributed by atoms with Crippen molar-refractivity contribution in [3.8, 4) is 11.8 Å². The fourth-order valence-corrected chi connectivity index (χ4v) is 3.03. The van der Waals surface area contributed by atoms with Crippen molar-refractivity contribution in [2.45, 2.75) is 6.92 Å². The Morgan fingerprint density at radius 2 is 2.07 bits per heavy atom. The van der Waals surface area contributed by atoms with Crippen LogP contribution in [0.2, 0.25) is 5.02 Å². The van der Waals surface area contributed by atoms with Gasteiger partial charge in [-0.15, -0.1) is 0 Å². The van der Waals surface area contributed by atoms with E-state index in [1.54, 1.807) is 49.4 Å². The molecule has 0 heterocycles. The van der Waals surface area contributed by atoms with Crippen LogP contribution in [-0.4, -0.2) is 25.1 Å². The van der Waals surface area contributed by atoms with Gasteiger partial charge in [0.05, 0.1) is 10.2 Å². The average Bonchev–Trinajstić information content (AvgIpc) is 2.65. The number of amides is 1. The van der Waals surface area contributed by atoms with E-state index in [1.165, 1.54) is 6.08 Å². The van der Waals surface area contributed by atoms with Crippen molar-refractivity contribution < 1.29 is 19.1 Å². The molecule has 0 aliphatic rings. The molecule has 0 saturated carbocycles. The zero-order valence-corrected chi connectivity index (χ0v) is 17.8. The number of ether oxygens (including phenoxy) is 2. The van der Waals surface area contributed by atoms with Gasteiger partial charge in [-0.05, 0) is 71.5 Å². The fourth-order valence-electron chi connectivity index (χ4n) is 2.14. The molecule has 1 amide bonds. The second-order valence-electron chi connectivity index (χ2n) is 5.42. The SMILES string of the molecule is CCOC(=O)COc1ccc(/C=C(\C#N)C(=O)Nc2cccc(Cl)c2)cc1I. The van der Waals surface area contributed by atoms with Gasteiger partial charge in [-0.2, -0.15) is 5.26 Å². The number of nitrogens with one attached hydrogen (secondary N) is 1. The summed E-state index contributed by atoms with van der Waals surface area (Å²) in [6.07, 6.45) is 1.47. The Kier molecular flexibility index (Phi) is 8.29. The lowest BCUT2D eigenvalue weighted by Gasteiger charge is -2.09. The van der Waals surface area contributed by atoms with Crippen LogP contribution in [0.4, 0.5) is 5.69 Å². The number of anilines is 1. The molecule has 144 valence electrons. The zero-order chi connectivity index (χ0) is 20.5. The molecule has 6 nitrogen and oxygen atoms in total. The minimum Gasteiger partial charge on any atom is -0.481 e. The van der Waals surface area contributed by atoms with Crippen LogP contribution in [0.25, 0.3) is 6.08 Å². The molecule has 0 unspecified atom stereocenters. The van der Waals surface area contributed by atoms with Gasteiger partial charge in [-0.3, -0.25) is 4.79 Å². The first-order valence-corrected chi connectivity index (χ1v) is 9.65. The number of benzene rings is 2. The molecule has 0 saturated heterocycles. The number of hydrogen-bond donors (Lipinski definition) is 1. The predicted octanol–water partition coefficient (Wildman–Crippen LogP) is 4.43. The molecule has 0 fully saturated rings. The van der Waals surface area contributed by atoms with Crippen molar-refractivity contribution >= 4 is 57.8 Å². The number of carbonyl (C=O) groups excluding carboxylic acids is 2. The highest BCUT2D eigenvalue weighted by Gasteiger charge is 2.11. The summed E-state index contributed by atoms with van der Waals surface area (Å²) in [6.45, 7) is 1.82. The van der Waals surface area contributed by atoms with Gasteiger partial charge in [0.25, 0.3) is 5.91 Å². The van der Waals surface area contributed by atoms with Gasteiger partial charge in [0.15, 0.2) is 6.61 Å². The fraction of sp³-hybridized carbons (Fsp3) is 0.150. The maximum Gasteiger partial charge on any atom is 0.344 e. The van der Waals surface area contributed by atoms with Crippen LogP contribution >= 0.6 is 34.2 Å². The predicted molar refractivity (Wildman–Crippen MR) is 115 cm³/mol. The summed E-state index contributed by atoms with van der Waals surface area (Å²) < 4.78 is 11.0. The van der Waals surface area contributed by atoms with E-state index in [4.69, 9.17) is 21.1 Å². The van der Waals surface area contributed by atoms with Crippen molar-refractivity contribution in [1.29, 1.82) is 5.26 Å². The van der Waals surface area contributed by atoms with Crippen molar-refractivity contribution in [2.24, 2.45) is 0 Å². The summed E-state index contributed by atoms with van der Waals surface area (Å²) in [5.74, 6) is -0.484. The summed E-state index contributed by atoms with van der Waals surface area (Å²) in [5, 5.41) is 12.4. The molecule has 2 aromatic rings. The third-order valence-corrected chi connectivity index (χ3v) is 4.44. The molecule has 0 aliphatic carbocycles. The zero-order valence-electron chi connectivity index (χ0n) is 14.9. The number of halogens is 2. The van der Waals surface area contributed by atoms with E-state index in [2.05, 4.69) is 5.32 Å².